The Kier molecular flexibility index (Phi) is 4.47. The first-order chi connectivity index (χ1) is 9.79. The van der Waals surface area contributed by atoms with Gasteiger partial charge in [-0.2, -0.15) is 0 Å². The van der Waals surface area contributed by atoms with Crippen LogP contribution in [0.4, 0.5) is 5.82 Å². The van der Waals surface area contributed by atoms with Crippen molar-refractivity contribution < 1.29 is 0 Å². The fourth-order valence-electron chi connectivity index (χ4n) is 3.86. The molecule has 0 spiro atoms. The van der Waals surface area contributed by atoms with Gasteiger partial charge in [0.2, 0.25) is 0 Å². The molecule has 3 nitrogen and oxygen atoms in total. The van der Waals surface area contributed by atoms with E-state index < -0.39 is 0 Å². The fourth-order valence-corrected chi connectivity index (χ4v) is 4.03. The molecule has 1 N–H and O–H groups in total. The van der Waals surface area contributed by atoms with E-state index in [1.807, 2.05) is 13.2 Å². The van der Waals surface area contributed by atoms with Gasteiger partial charge in [-0.05, 0) is 50.3 Å². The third-order valence-corrected chi connectivity index (χ3v) is 5.17. The molecule has 1 aromatic heterocycles. The summed E-state index contributed by atoms with van der Waals surface area (Å²) in [6.07, 6.45) is 10.0. The molecular weight excluding hydrogens is 270 g/mol. The SMILES string of the molecule is CNCc1cc(N2CCC[C@H]3CCCC[C@H]32)ncc1Cl. The summed E-state index contributed by atoms with van der Waals surface area (Å²) in [5.41, 5.74) is 1.15. The third kappa shape index (κ3) is 2.79. The van der Waals surface area contributed by atoms with Crippen molar-refractivity contribution in [3.05, 3.63) is 22.8 Å². The lowest BCUT2D eigenvalue weighted by Gasteiger charge is -2.45. The van der Waals surface area contributed by atoms with Crippen LogP contribution in [-0.2, 0) is 6.54 Å². The Morgan fingerprint density at radius 3 is 2.95 bits per heavy atom. The fraction of sp³-hybridized carbons (Fsp3) is 0.688. The normalized spacial score (nSPS) is 26.4. The molecule has 1 aliphatic heterocycles. The molecule has 1 saturated heterocycles. The van der Waals surface area contributed by atoms with Crippen molar-refractivity contribution in [3.8, 4) is 0 Å². The van der Waals surface area contributed by atoms with Crippen molar-refractivity contribution in [2.75, 3.05) is 18.5 Å². The van der Waals surface area contributed by atoms with E-state index in [4.69, 9.17) is 11.6 Å². The quantitative estimate of drug-likeness (QED) is 0.923. The van der Waals surface area contributed by atoms with Gasteiger partial charge in [-0.15, -0.1) is 0 Å². The first-order valence-electron chi connectivity index (χ1n) is 7.85. The highest BCUT2D eigenvalue weighted by molar-refractivity contribution is 6.31. The predicted molar refractivity (Wildman–Crippen MR) is 84.3 cm³/mol. The maximum atomic E-state index is 6.23. The topological polar surface area (TPSA) is 28.2 Å². The summed E-state index contributed by atoms with van der Waals surface area (Å²) in [5.74, 6) is 2.00. The average Bonchev–Trinajstić information content (AvgIpc) is 2.49. The molecule has 0 bridgehead atoms. The molecule has 2 fully saturated rings. The van der Waals surface area contributed by atoms with Gasteiger partial charge in [-0.3, -0.25) is 0 Å². The molecule has 20 heavy (non-hydrogen) atoms. The number of nitrogens with zero attached hydrogens (tertiary/aromatic N) is 2. The van der Waals surface area contributed by atoms with Crippen molar-refractivity contribution >= 4 is 17.4 Å². The van der Waals surface area contributed by atoms with E-state index in [1.165, 1.54) is 38.5 Å². The van der Waals surface area contributed by atoms with Crippen LogP contribution < -0.4 is 10.2 Å². The maximum Gasteiger partial charge on any atom is 0.129 e. The highest BCUT2D eigenvalue weighted by Crippen LogP contribution is 2.37. The molecule has 3 rings (SSSR count). The van der Waals surface area contributed by atoms with Crippen LogP contribution in [0, 0.1) is 5.92 Å². The molecule has 2 heterocycles. The van der Waals surface area contributed by atoms with Gasteiger partial charge in [0.25, 0.3) is 0 Å². The van der Waals surface area contributed by atoms with E-state index in [9.17, 15) is 0 Å². The molecular formula is C16H24ClN3. The van der Waals surface area contributed by atoms with Crippen molar-refractivity contribution in [1.29, 1.82) is 0 Å². The van der Waals surface area contributed by atoms with Crippen LogP contribution in [0.15, 0.2) is 12.3 Å². The maximum absolute atomic E-state index is 6.23. The Morgan fingerprint density at radius 1 is 1.30 bits per heavy atom. The zero-order chi connectivity index (χ0) is 13.9. The number of piperidine rings is 1. The number of rotatable bonds is 3. The second kappa shape index (κ2) is 6.31. The first kappa shape index (κ1) is 14.2. The predicted octanol–water partition coefficient (Wildman–Crippen LogP) is 3.61. The summed E-state index contributed by atoms with van der Waals surface area (Å²) in [6.45, 7) is 1.95. The highest BCUT2D eigenvalue weighted by Gasteiger charge is 2.33. The second-order valence-corrected chi connectivity index (χ2v) is 6.52. The van der Waals surface area contributed by atoms with E-state index in [2.05, 4.69) is 21.3 Å². The number of pyridine rings is 1. The van der Waals surface area contributed by atoms with Crippen LogP contribution in [0.5, 0.6) is 0 Å². The van der Waals surface area contributed by atoms with E-state index in [-0.39, 0.29) is 0 Å². The lowest BCUT2D eigenvalue weighted by Crippen LogP contribution is -2.47. The molecule has 2 aliphatic rings. The zero-order valence-corrected chi connectivity index (χ0v) is 13.0. The van der Waals surface area contributed by atoms with Crippen molar-refractivity contribution in [3.63, 3.8) is 0 Å². The largest absolute Gasteiger partial charge is 0.353 e. The Balaban J connectivity index is 1.85. The molecule has 2 atom stereocenters. The van der Waals surface area contributed by atoms with Crippen LogP contribution in [0.3, 0.4) is 0 Å². The molecule has 110 valence electrons. The molecule has 1 aromatic rings. The van der Waals surface area contributed by atoms with Gasteiger partial charge in [0.1, 0.15) is 5.82 Å². The van der Waals surface area contributed by atoms with Gasteiger partial charge in [-0.1, -0.05) is 24.4 Å². The highest BCUT2D eigenvalue weighted by atomic mass is 35.5. The number of nitrogens with one attached hydrogen (secondary N) is 1. The minimum Gasteiger partial charge on any atom is -0.353 e. The third-order valence-electron chi connectivity index (χ3n) is 4.82. The molecule has 0 unspecified atom stereocenters. The van der Waals surface area contributed by atoms with Gasteiger partial charge in [-0.25, -0.2) is 4.98 Å². The summed E-state index contributed by atoms with van der Waals surface area (Å²) in [7, 11) is 1.95. The molecule has 4 heteroatoms. The van der Waals surface area contributed by atoms with E-state index in [0.29, 0.717) is 6.04 Å². The lowest BCUT2D eigenvalue weighted by molar-refractivity contribution is 0.242. The molecule has 1 aliphatic carbocycles. The summed E-state index contributed by atoms with van der Waals surface area (Å²) in [5, 5.41) is 3.94. The van der Waals surface area contributed by atoms with Crippen LogP contribution in [0.1, 0.15) is 44.1 Å². The van der Waals surface area contributed by atoms with Gasteiger partial charge in [0.15, 0.2) is 0 Å². The Hall–Kier alpha value is -0.800. The Bertz CT molecular complexity index is 461. The van der Waals surface area contributed by atoms with Crippen LogP contribution >= 0.6 is 11.6 Å². The zero-order valence-electron chi connectivity index (χ0n) is 12.2. The van der Waals surface area contributed by atoms with Crippen molar-refractivity contribution in [1.82, 2.24) is 10.3 Å². The van der Waals surface area contributed by atoms with Crippen molar-refractivity contribution in [2.45, 2.75) is 51.1 Å². The smallest absolute Gasteiger partial charge is 0.129 e. The van der Waals surface area contributed by atoms with E-state index >= 15 is 0 Å². The summed E-state index contributed by atoms with van der Waals surface area (Å²) in [6, 6.07) is 2.88. The number of hydrogen-bond acceptors (Lipinski definition) is 3. The standard InChI is InChI=1S/C16H24ClN3/c1-18-10-13-9-16(19-11-14(13)17)20-8-4-6-12-5-2-3-7-15(12)20/h9,11-12,15,18H,2-8,10H2,1H3/t12-,15-/m1/s1. The number of halogens is 1. The lowest BCUT2D eigenvalue weighted by atomic mass is 9.78. The average molecular weight is 294 g/mol. The summed E-state index contributed by atoms with van der Waals surface area (Å²) >= 11 is 6.23. The second-order valence-electron chi connectivity index (χ2n) is 6.11. The van der Waals surface area contributed by atoms with Crippen molar-refractivity contribution in [2.24, 2.45) is 5.92 Å². The number of aromatic nitrogens is 1. The Labute approximate surface area is 126 Å². The minimum atomic E-state index is 0.702. The first-order valence-corrected chi connectivity index (χ1v) is 8.23. The van der Waals surface area contributed by atoms with E-state index in [1.54, 1.807) is 0 Å². The molecule has 0 radical (unpaired) electrons. The molecule has 0 amide bonds. The van der Waals surface area contributed by atoms with E-state index in [0.717, 1.165) is 35.4 Å². The van der Waals surface area contributed by atoms with Crippen LogP contribution in [0.25, 0.3) is 0 Å². The Morgan fingerprint density at radius 2 is 2.10 bits per heavy atom. The van der Waals surface area contributed by atoms with Gasteiger partial charge in [0, 0.05) is 25.3 Å². The summed E-state index contributed by atoms with van der Waals surface area (Å²) < 4.78 is 0. The van der Waals surface area contributed by atoms with Gasteiger partial charge >= 0.3 is 0 Å². The number of anilines is 1. The molecule has 0 aromatic carbocycles. The molecule has 1 saturated carbocycles. The van der Waals surface area contributed by atoms with Crippen LogP contribution in [-0.4, -0.2) is 24.6 Å². The van der Waals surface area contributed by atoms with Crippen LogP contribution in [0.2, 0.25) is 5.02 Å². The van der Waals surface area contributed by atoms with Gasteiger partial charge in [0.05, 0.1) is 5.02 Å². The van der Waals surface area contributed by atoms with Gasteiger partial charge < -0.3 is 10.2 Å². The summed E-state index contributed by atoms with van der Waals surface area (Å²) in [4.78, 5) is 7.15. The monoisotopic (exact) mass is 293 g/mol. The number of fused-ring (bicyclic) bond motifs is 1. The minimum absolute atomic E-state index is 0.702. The number of hydrogen-bond donors (Lipinski definition) is 1.